The second kappa shape index (κ2) is 5.71. The van der Waals surface area contributed by atoms with Crippen LogP contribution >= 0.6 is 0 Å². The van der Waals surface area contributed by atoms with Crippen molar-refractivity contribution in [2.45, 2.75) is 38.3 Å². The maximum Gasteiger partial charge on any atom is 0.407 e. The highest BCUT2D eigenvalue weighted by Gasteiger charge is 2.58. The molecule has 0 bridgehead atoms. The zero-order chi connectivity index (χ0) is 15.6. The number of carbonyl (C=O) groups is 2. The monoisotopic (exact) mass is 292 g/mol. The largest absolute Gasteiger partial charge is 0.469 e. The van der Waals surface area contributed by atoms with Crippen LogP contribution in [0.15, 0.2) is 24.4 Å². The third kappa shape index (κ3) is 3.71. The van der Waals surface area contributed by atoms with Crippen molar-refractivity contribution in [2.24, 2.45) is 5.92 Å². The fraction of sp³-hybridized carbons (Fsp3) is 0.533. The number of rotatable bonds is 3. The van der Waals surface area contributed by atoms with Crippen molar-refractivity contribution < 1.29 is 19.1 Å². The van der Waals surface area contributed by atoms with E-state index in [1.54, 1.807) is 33.0 Å². The van der Waals surface area contributed by atoms with Crippen LogP contribution < -0.4 is 5.32 Å². The first-order chi connectivity index (χ1) is 9.83. The van der Waals surface area contributed by atoms with Gasteiger partial charge in [-0.05, 0) is 32.9 Å². The average Bonchev–Trinajstić information content (AvgIpc) is 3.10. The summed E-state index contributed by atoms with van der Waals surface area (Å²) >= 11 is 0. The van der Waals surface area contributed by atoms with Crippen LogP contribution in [0.4, 0.5) is 4.79 Å². The van der Waals surface area contributed by atoms with Gasteiger partial charge in [-0.2, -0.15) is 0 Å². The number of ether oxygens (including phenoxy) is 2. The van der Waals surface area contributed by atoms with Crippen LogP contribution in [0.5, 0.6) is 0 Å². The molecule has 0 spiro atoms. The summed E-state index contributed by atoms with van der Waals surface area (Å²) in [6.45, 7) is 5.36. The third-order valence-corrected chi connectivity index (χ3v) is 3.21. The molecule has 1 aromatic heterocycles. The number of nitrogens with zero attached hydrogens (tertiary/aromatic N) is 1. The Hall–Kier alpha value is -2.11. The molecule has 1 N–H and O–H groups in total. The number of alkyl carbamates (subject to hydrolysis) is 1. The summed E-state index contributed by atoms with van der Waals surface area (Å²) in [4.78, 5) is 27.9. The Morgan fingerprint density at radius 2 is 2.00 bits per heavy atom. The lowest BCUT2D eigenvalue weighted by atomic mass is 10.2. The van der Waals surface area contributed by atoms with Crippen molar-refractivity contribution in [1.82, 2.24) is 10.3 Å². The Bertz CT molecular complexity index is 524. The summed E-state index contributed by atoms with van der Waals surface area (Å²) in [7, 11) is 1.33. The number of esters is 1. The Balaban J connectivity index is 2.07. The van der Waals surface area contributed by atoms with Crippen LogP contribution in [-0.4, -0.2) is 35.8 Å². The van der Waals surface area contributed by atoms with Crippen molar-refractivity contribution >= 4 is 12.1 Å². The molecule has 1 saturated carbocycles. The van der Waals surface area contributed by atoms with Gasteiger partial charge in [-0.3, -0.25) is 9.78 Å². The van der Waals surface area contributed by atoms with Gasteiger partial charge in [0.1, 0.15) is 5.60 Å². The molecule has 1 aliphatic rings. The lowest BCUT2D eigenvalue weighted by Gasteiger charge is -2.19. The molecule has 1 aromatic rings. The Morgan fingerprint density at radius 1 is 1.29 bits per heavy atom. The second-order valence-electron chi connectivity index (χ2n) is 6.00. The van der Waals surface area contributed by atoms with Crippen molar-refractivity contribution in [2.75, 3.05) is 7.11 Å². The smallest absolute Gasteiger partial charge is 0.407 e. The molecular weight excluding hydrogens is 272 g/mol. The average molecular weight is 292 g/mol. The summed E-state index contributed by atoms with van der Waals surface area (Å²) in [5.41, 5.74) is 0.175. The molecule has 3 unspecified atom stereocenters. The molecule has 0 aromatic carbocycles. The van der Waals surface area contributed by atoms with Gasteiger partial charge in [-0.25, -0.2) is 4.79 Å². The van der Waals surface area contributed by atoms with Crippen molar-refractivity contribution in [3.63, 3.8) is 0 Å². The highest BCUT2D eigenvalue weighted by atomic mass is 16.6. The van der Waals surface area contributed by atoms with Crippen molar-refractivity contribution in [1.29, 1.82) is 0 Å². The molecule has 1 heterocycles. The number of hydrogen-bond acceptors (Lipinski definition) is 5. The van der Waals surface area contributed by atoms with E-state index in [-0.39, 0.29) is 17.9 Å². The van der Waals surface area contributed by atoms with E-state index in [9.17, 15) is 9.59 Å². The molecular formula is C15H20N2O4. The van der Waals surface area contributed by atoms with E-state index >= 15 is 0 Å². The van der Waals surface area contributed by atoms with Gasteiger partial charge in [-0.1, -0.05) is 6.07 Å². The fourth-order valence-electron chi connectivity index (χ4n) is 2.30. The maximum atomic E-state index is 11.8. The van der Waals surface area contributed by atoms with E-state index in [1.807, 2.05) is 12.1 Å². The van der Waals surface area contributed by atoms with Gasteiger partial charge in [0.2, 0.25) is 0 Å². The van der Waals surface area contributed by atoms with Crippen LogP contribution in [-0.2, 0) is 14.3 Å². The molecule has 0 aliphatic heterocycles. The molecule has 6 nitrogen and oxygen atoms in total. The van der Waals surface area contributed by atoms with Crippen molar-refractivity contribution in [3.05, 3.63) is 30.1 Å². The van der Waals surface area contributed by atoms with Crippen LogP contribution in [0.2, 0.25) is 0 Å². The molecule has 2 rings (SSSR count). The topological polar surface area (TPSA) is 77.5 Å². The fourth-order valence-corrected chi connectivity index (χ4v) is 2.30. The van der Waals surface area contributed by atoms with Gasteiger partial charge in [0.15, 0.2) is 0 Å². The zero-order valence-electron chi connectivity index (χ0n) is 12.6. The number of aromatic nitrogens is 1. The first-order valence-electron chi connectivity index (χ1n) is 6.82. The Morgan fingerprint density at radius 3 is 2.52 bits per heavy atom. The number of pyridine rings is 1. The number of hydrogen-bond donors (Lipinski definition) is 1. The first kappa shape index (κ1) is 15.3. The van der Waals surface area contributed by atoms with E-state index < -0.39 is 17.6 Å². The van der Waals surface area contributed by atoms with E-state index in [0.717, 1.165) is 5.69 Å². The number of amides is 1. The van der Waals surface area contributed by atoms with E-state index in [2.05, 4.69) is 10.3 Å². The van der Waals surface area contributed by atoms with Crippen LogP contribution in [0.25, 0.3) is 0 Å². The SMILES string of the molecule is COC(=O)C1C(NC(=O)OC(C)(C)C)C1c1ccccn1. The van der Waals surface area contributed by atoms with Crippen LogP contribution in [0.1, 0.15) is 32.4 Å². The summed E-state index contributed by atoms with van der Waals surface area (Å²) < 4.78 is 9.99. The maximum absolute atomic E-state index is 11.8. The van der Waals surface area contributed by atoms with Gasteiger partial charge >= 0.3 is 12.1 Å². The summed E-state index contributed by atoms with van der Waals surface area (Å²) in [5.74, 6) is -0.949. The Labute approximate surface area is 123 Å². The highest BCUT2D eigenvalue weighted by Crippen LogP contribution is 2.47. The van der Waals surface area contributed by atoms with Crippen LogP contribution in [0.3, 0.4) is 0 Å². The molecule has 21 heavy (non-hydrogen) atoms. The minimum atomic E-state index is -0.583. The minimum Gasteiger partial charge on any atom is -0.469 e. The molecule has 3 atom stereocenters. The summed E-state index contributed by atoms with van der Waals surface area (Å²) in [6, 6.07) is 5.13. The van der Waals surface area contributed by atoms with Gasteiger partial charge in [0, 0.05) is 17.8 Å². The van der Waals surface area contributed by atoms with E-state index in [4.69, 9.17) is 9.47 Å². The van der Waals surface area contributed by atoms with Gasteiger partial charge in [0.05, 0.1) is 19.1 Å². The normalized spacial score (nSPS) is 24.1. The zero-order valence-corrected chi connectivity index (χ0v) is 12.6. The molecule has 0 radical (unpaired) electrons. The van der Waals surface area contributed by atoms with E-state index in [0.29, 0.717) is 0 Å². The quantitative estimate of drug-likeness (QED) is 0.860. The summed E-state index contributed by atoms with van der Waals surface area (Å²) in [6.07, 6.45) is 1.12. The predicted octanol–water partition coefficient (Wildman–Crippen LogP) is 1.86. The van der Waals surface area contributed by atoms with E-state index in [1.165, 1.54) is 7.11 Å². The Kier molecular flexibility index (Phi) is 4.16. The minimum absolute atomic E-state index is 0.175. The number of carbonyl (C=O) groups excluding carboxylic acids is 2. The highest BCUT2D eigenvalue weighted by molar-refractivity contribution is 5.81. The van der Waals surface area contributed by atoms with Crippen LogP contribution in [0, 0.1) is 5.92 Å². The molecule has 0 saturated heterocycles. The second-order valence-corrected chi connectivity index (χ2v) is 6.00. The number of nitrogens with one attached hydrogen (secondary N) is 1. The van der Waals surface area contributed by atoms with Gasteiger partial charge in [-0.15, -0.1) is 0 Å². The molecule has 114 valence electrons. The predicted molar refractivity (Wildman–Crippen MR) is 75.6 cm³/mol. The third-order valence-electron chi connectivity index (χ3n) is 3.21. The molecule has 1 aliphatic carbocycles. The van der Waals surface area contributed by atoms with Crippen molar-refractivity contribution in [3.8, 4) is 0 Å². The first-order valence-corrected chi connectivity index (χ1v) is 6.82. The lowest BCUT2D eigenvalue weighted by molar-refractivity contribution is -0.142. The lowest BCUT2D eigenvalue weighted by Crippen LogP contribution is -2.35. The summed E-state index contributed by atoms with van der Waals surface area (Å²) in [5, 5.41) is 2.72. The van der Waals surface area contributed by atoms with Gasteiger partial charge in [0.25, 0.3) is 0 Å². The van der Waals surface area contributed by atoms with Gasteiger partial charge < -0.3 is 14.8 Å². The molecule has 1 amide bonds. The molecule has 1 fully saturated rings. The number of methoxy groups -OCH3 is 1. The standard InChI is InChI=1S/C15H20N2O4/c1-15(2,3)21-14(19)17-12-10(11(12)13(18)20-4)9-7-5-6-8-16-9/h5-8,10-12H,1-4H3,(H,17,19). The molecule has 6 heteroatoms.